The third-order valence-electron chi connectivity index (χ3n) is 9.36. The third-order valence-corrected chi connectivity index (χ3v) is 9.36. The highest BCUT2D eigenvalue weighted by Crippen LogP contribution is 2.30. The zero-order valence-corrected chi connectivity index (χ0v) is 28.6. The number of furan rings is 1. The first kappa shape index (κ1) is 35.7. The number of benzene rings is 4. The number of halogens is 2. The number of carbonyl (C=O) groups is 2. The Labute approximate surface area is 297 Å². The van der Waals surface area contributed by atoms with Crippen LogP contribution in [-0.2, 0) is 24.3 Å². The summed E-state index contributed by atoms with van der Waals surface area (Å²) in [5.74, 6) is 0.0980. The molecule has 0 bridgehead atoms. The number of piperazine rings is 1. The van der Waals surface area contributed by atoms with Gasteiger partial charge in [0, 0.05) is 38.5 Å². The van der Waals surface area contributed by atoms with Gasteiger partial charge >= 0.3 is 6.09 Å². The van der Waals surface area contributed by atoms with Crippen LogP contribution in [0.5, 0.6) is 0 Å². The second-order valence-corrected chi connectivity index (χ2v) is 13.0. The standard InChI is InChI=1S/C42H43F2N3O4/c43-35-17-13-33(14-18-35)38(34-15-19-36(44)20-16-34)12-7-23-46-24-26-47(27-25-46)29-37-21-22-40(51-37)41(48)39(28-31-8-3-1-4-9-31)45-42(49)50-30-32-10-5-2-6-11-32/h1-6,8-11,13-22,38-39H,7,12,23-30H2,(H,45,49). The van der Waals surface area contributed by atoms with Gasteiger partial charge in [0.25, 0.3) is 0 Å². The van der Waals surface area contributed by atoms with E-state index in [0.717, 1.165) is 67.8 Å². The zero-order valence-electron chi connectivity index (χ0n) is 28.6. The molecule has 1 aliphatic heterocycles. The van der Waals surface area contributed by atoms with E-state index in [1.807, 2.05) is 91.0 Å². The van der Waals surface area contributed by atoms with Gasteiger partial charge in [-0.1, -0.05) is 84.9 Å². The lowest BCUT2D eigenvalue weighted by Crippen LogP contribution is -2.46. The fourth-order valence-electron chi connectivity index (χ4n) is 6.56. The minimum atomic E-state index is -0.857. The van der Waals surface area contributed by atoms with E-state index >= 15 is 0 Å². The van der Waals surface area contributed by atoms with Gasteiger partial charge in [-0.25, -0.2) is 13.6 Å². The number of carbonyl (C=O) groups excluding carboxylic acids is 2. The summed E-state index contributed by atoms with van der Waals surface area (Å²) >= 11 is 0. The quantitative estimate of drug-likeness (QED) is 0.112. The summed E-state index contributed by atoms with van der Waals surface area (Å²) in [5.41, 5.74) is 3.81. The maximum Gasteiger partial charge on any atom is 0.408 e. The van der Waals surface area contributed by atoms with Crippen molar-refractivity contribution < 1.29 is 27.5 Å². The number of nitrogens with one attached hydrogen (secondary N) is 1. The maximum absolute atomic E-state index is 13.6. The molecular weight excluding hydrogens is 648 g/mol. The number of nitrogens with zero attached hydrogens (tertiary/aromatic N) is 2. The molecule has 7 nitrogen and oxygen atoms in total. The first-order chi connectivity index (χ1) is 24.9. The third kappa shape index (κ3) is 10.4. The Hall–Kier alpha value is -5.12. The number of amides is 1. The number of Topliss-reactive ketones (excluding diaryl/α,β-unsaturated/α-hetero) is 1. The topological polar surface area (TPSA) is 75.0 Å². The molecule has 5 aromatic rings. The van der Waals surface area contributed by atoms with Crippen LogP contribution in [0.15, 0.2) is 126 Å². The van der Waals surface area contributed by atoms with Gasteiger partial charge in [-0.3, -0.25) is 9.69 Å². The molecule has 1 amide bonds. The van der Waals surface area contributed by atoms with Gasteiger partial charge in [0.2, 0.25) is 5.78 Å². The summed E-state index contributed by atoms with van der Waals surface area (Å²) in [6.45, 7) is 5.12. The Morgan fingerprint density at radius 1 is 0.706 bits per heavy atom. The first-order valence-electron chi connectivity index (χ1n) is 17.5. The van der Waals surface area contributed by atoms with Crippen molar-refractivity contribution in [3.8, 4) is 0 Å². The Morgan fingerprint density at radius 2 is 1.27 bits per heavy atom. The number of rotatable bonds is 15. The molecule has 1 aromatic heterocycles. The molecule has 9 heteroatoms. The molecule has 0 spiro atoms. The lowest BCUT2D eigenvalue weighted by molar-refractivity contribution is 0.0882. The molecule has 1 fully saturated rings. The predicted octanol–water partition coefficient (Wildman–Crippen LogP) is 8.01. The van der Waals surface area contributed by atoms with Crippen LogP contribution in [0.2, 0.25) is 0 Å². The summed E-state index contributed by atoms with van der Waals surface area (Å²) in [6.07, 6.45) is 1.44. The molecule has 1 aliphatic rings. The molecule has 6 rings (SSSR count). The molecule has 51 heavy (non-hydrogen) atoms. The Kier molecular flexibility index (Phi) is 12.4. The molecule has 2 heterocycles. The lowest BCUT2D eigenvalue weighted by atomic mass is 9.87. The van der Waals surface area contributed by atoms with Crippen LogP contribution in [-0.4, -0.2) is 60.4 Å². The Balaban J connectivity index is 0.994. The van der Waals surface area contributed by atoms with Crippen molar-refractivity contribution >= 4 is 11.9 Å². The number of hydrogen-bond acceptors (Lipinski definition) is 6. The van der Waals surface area contributed by atoms with Gasteiger partial charge < -0.3 is 19.4 Å². The number of hydrogen-bond donors (Lipinski definition) is 1. The summed E-state index contributed by atoms with van der Waals surface area (Å²) < 4.78 is 38.7. The van der Waals surface area contributed by atoms with Gasteiger partial charge in [-0.15, -0.1) is 0 Å². The SMILES string of the molecule is O=C(NC(Cc1ccccc1)C(=O)c1ccc(CN2CCN(CCCC(c3ccc(F)cc3)c3ccc(F)cc3)CC2)o1)OCc1ccccc1. The Bertz CT molecular complexity index is 1780. The molecule has 1 N–H and O–H groups in total. The molecular formula is C42H43F2N3O4. The van der Waals surface area contributed by atoms with Crippen LogP contribution < -0.4 is 5.32 Å². The fourth-order valence-corrected chi connectivity index (χ4v) is 6.56. The molecule has 0 saturated carbocycles. The highest BCUT2D eigenvalue weighted by atomic mass is 19.1. The summed E-state index contributed by atoms with van der Waals surface area (Å²) in [6, 6.07) is 34.8. The van der Waals surface area contributed by atoms with Gasteiger partial charge in [-0.05, 0) is 78.0 Å². The summed E-state index contributed by atoms with van der Waals surface area (Å²) in [7, 11) is 0. The van der Waals surface area contributed by atoms with Crippen molar-refractivity contribution in [2.75, 3.05) is 32.7 Å². The Morgan fingerprint density at radius 3 is 1.88 bits per heavy atom. The summed E-state index contributed by atoms with van der Waals surface area (Å²) in [5, 5.41) is 2.76. The van der Waals surface area contributed by atoms with Crippen molar-refractivity contribution in [1.29, 1.82) is 0 Å². The van der Waals surface area contributed by atoms with E-state index in [-0.39, 0.29) is 35.7 Å². The fraction of sp³-hybridized carbons (Fsp3) is 0.286. The molecule has 0 radical (unpaired) electrons. The minimum Gasteiger partial charge on any atom is -0.457 e. The van der Waals surface area contributed by atoms with E-state index in [2.05, 4.69) is 15.1 Å². The van der Waals surface area contributed by atoms with Crippen LogP contribution in [0, 0.1) is 11.6 Å². The average molecular weight is 692 g/mol. The zero-order chi connectivity index (χ0) is 35.4. The van der Waals surface area contributed by atoms with E-state index in [9.17, 15) is 18.4 Å². The number of ketones is 1. The minimum absolute atomic E-state index is 0.0609. The maximum atomic E-state index is 13.6. The number of alkyl carbamates (subject to hydrolysis) is 1. The highest BCUT2D eigenvalue weighted by Gasteiger charge is 2.27. The van der Waals surface area contributed by atoms with Gasteiger partial charge in [0.1, 0.15) is 30.0 Å². The van der Waals surface area contributed by atoms with E-state index < -0.39 is 12.1 Å². The van der Waals surface area contributed by atoms with Gasteiger partial charge in [-0.2, -0.15) is 0 Å². The van der Waals surface area contributed by atoms with Crippen LogP contribution in [0.1, 0.15) is 57.3 Å². The first-order valence-corrected chi connectivity index (χ1v) is 17.5. The normalized spacial score (nSPS) is 14.3. The second kappa shape index (κ2) is 17.7. The monoisotopic (exact) mass is 691 g/mol. The van der Waals surface area contributed by atoms with Crippen LogP contribution in [0.3, 0.4) is 0 Å². The van der Waals surface area contributed by atoms with E-state index in [0.29, 0.717) is 18.7 Å². The van der Waals surface area contributed by atoms with Crippen molar-refractivity contribution in [3.63, 3.8) is 0 Å². The predicted molar refractivity (Wildman–Crippen MR) is 192 cm³/mol. The van der Waals surface area contributed by atoms with E-state index in [1.54, 1.807) is 6.07 Å². The van der Waals surface area contributed by atoms with E-state index in [1.165, 1.54) is 24.3 Å². The van der Waals surface area contributed by atoms with E-state index in [4.69, 9.17) is 9.15 Å². The largest absolute Gasteiger partial charge is 0.457 e. The molecule has 1 atom stereocenters. The van der Waals surface area contributed by atoms with Crippen molar-refractivity contribution in [2.45, 2.75) is 44.4 Å². The molecule has 1 saturated heterocycles. The average Bonchev–Trinajstić information content (AvgIpc) is 3.63. The van der Waals surface area contributed by atoms with Crippen LogP contribution in [0.4, 0.5) is 13.6 Å². The lowest BCUT2D eigenvalue weighted by Gasteiger charge is -2.34. The van der Waals surface area contributed by atoms with Gasteiger partial charge in [0.15, 0.2) is 5.76 Å². The molecule has 1 unspecified atom stereocenters. The van der Waals surface area contributed by atoms with Gasteiger partial charge in [0.05, 0.1) is 6.54 Å². The molecule has 4 aromatic carbocycles. The van der Waals surface area contributed by atoms with Crippen molar-refractivity contribution in [1.82, 2.24) is 15.1 Å². The molecule has 0 aliphatic carbocycles. The van der Waals surface area contributed by atoms with Crippen molar-refractivity contribution in [3.05, 3.63) is 167 Å². The molecule has 264 valence electrons. The highest BCUT2D eigenvalue weighted by molar-refractivity contribution is 5.99. The summed E-state index contributed by atoms with van der Waals surface area (Å²) in [4.78, 5) is 31.1. The smallest absolute Gasteiger partial charge is 0.408 e. The number of ether oxygens (including phenoxy) is 1. The van der Waals surface area contributed by atoms with Crippen LogP contribution >= 0.6 is 0 Å². The van der Waals surface area contributed by atoms with Crippen molar-refractivity contribution in [2.24, 2.45) is 0 Å². The van der Waals surface area contributed by atoms with Crippen LogP contribution in [0.25, 0.3) is 0 Å². The second-order valence-electron chi connectivity index (χ2n) is 13.0.